The Kier molecular flexibility index (Phi) is 10.5. The quantitative estimate of drug-likeness (QED) is 0.218. The SMILES string of the molecule is Cc1ccc(CN(C(=O)CN(c2ccccc2F)S(=O)(=O)c2ccc(C)cc2)[C@H](Cc2ccccc2)C(=O)NC(C)C)cc1. The summed E-state index contributed by atoms with van der Waals surface area (Å²) in [4.78, 5) is 29.4. The van der Waals surface area contributed by atoms with E-state index in [2.05, 4.69) is 5.32 Å². The Morgan fingerprint density at radius 2 is 1.34 bits per heavy atom. The van der Waals surface area contributed by atoms with Gasteiger partial charge in [-0.25, -0.2) is 12.8 Å². The number of nitrogens with one attached hydrogen (secondary N) is 1. The normalized spacial score (nSPS) is 12.0. The van der Waals surface area contributed by atoms with Gasteiger partial charge in [-0.3, -0.25) is 13.9 Å². The van der Waals surface area contributed by atoms with E-state index >= 15 is 4.39 Å². The highest BCUT2D eigenvalue weighted by atomic mass is 32.2. The van der Waals surface area contributed by atoms with Crippen molar-refractivity contribution in [2.75, 3.05) is 10.8 Å². The predicted octanol–water partition coefficient (Wildman–Crippen LogP) is 5.80. The smallest absolute Gasteiger partial charge is 0.264 e. The number of hydrogen-bond acceptors (Lipinski definition) is 4. The fourth-order valence-electron chi connectivity index (χ4n) is 4.83. The standard InChI is InChI=1S/C35H38FN3O4S/c1-25(2)37-35(41)33(22-28-10-6-5-7-11-28)38(23-29-18-14-26(3)15-19-29)34(40)24-39(32-13-9-8-12-31(32)36)44(42,43)30-20-16-27(4)17-21-30/h5-21,25,33H,22-24H2,1-4H3,(H,37,41)/t33-/m1/s1. The molecule has 0 unspecified atom stereocenters. The summed E-state index contributed by atoms with van der Waals surface area (Å²) >= 11 is 0. The molecule has 44 heavy (non-hydrogen) atoms. The van der Waals surface area contributed by atoms with Crippen molar-refractivity contribution in [1.82, 2.24) is 10.2 Å². The summed E-state index contributed by atoms with van der Waals surface area (Å²) in [6.45, 7) is 6.76. The Hall–Kier alpha value is -4.50. The van der Waals surface area contributed by atoms with Gasteiger partial charge in [-0.15, -0.1) is 0 Å². The number of aryl methyl sites for hydroxylation is 2. The van der Waals surface area contributed by atoms with Gasteiger partial charge >= 0.3 is 0 Å². The zero-order valence-electron chi connectivity index (χ0n) is 25.4. The van der Waals surface area contributed by atoms with Crippen LogP contribution in [0.2, 0.25) is 0 Å². The lowest BCUT2D eigenvalue weighted by atomic mass is 10.0. The summed E-state index contributed by atoms with van der Waals surface area (Å²) in [7, 11) is -4.38. The molecule has 0 aliphatic heterocycles. The van der Waals surface area contributed by atoms with Crippen LogP contribution in [-0.4, -0.2) is 43.8 Å². The zero-order valence-corrected chi connectivity index (χ0v) is 26.2. The molecular weight excluding hydrogens is 577 g/mol. The first kappa shape index (κ1) is 32.4. The van der Waals surface area contributed by atoms with Gasteiger partial charge in [-0.2, -0.15) is 0 Å². The number of carbonyl (C=O) groups is 2. The molecule has 230 valence electrons. The molecule has 0 saturated carbocycles. The average molecular weight is 616 g/mol. The molecule has 1 atom stereocenters. The number of sulfonamides is 1. The van der Waals surface area contributed by atoms with Crippen LogP contribution in [0.1, 0.15) is 36.1 Å². The van der Waals surface area contributed by atoms with Crippen LogP contribution < -0.4 is 9.62 Å². The fourth-order valence-corrected chi connectivity index (χ4v) is 6.25. The molecular formula is C35H38FN3O4S. The second-order valence-corrected chi connectivity index (χ2v) is 13.0. The van der Waals surface area contributed by atoms with Gasteiger partial charge in [0.05, 0.1) is 10.6 Å². The summed E-state index contributed by atoms with van der Waals surface area (Å²) < 4.78 is 44.0. The third kappa shape index (κ3) is 8.11. The van der Waals surface area contributed by atoms with Crippen molar-refractivity contribution >= 4 is 27.5 Å². The Balaban J connectivity index is 1.81. The number of carbonyl (C=O) groups excluding carboxylic acids is 2. The lowest BCUT2D eigenvalue weighted by Crippen LogP contribution is -2.54. The molecule has 9 heteroatoms. The number of rotatable bonds is 12. The van der Waals surface area contributed by atoms with Crippen LogP contribution in [0, 0.1) is 19.7 Å². The van der Waals surface area contributed by atoms with Gasteiger partial charge in [0.1, 0.15) is 18.4 Å². The van der Waals surface area contributed by atoms with Crippen molar-refractivity contribution in [2.24, 2.45) is 0 Å². The van der Waals surface area contributed by atoms with Gasteiger partial charge in [0.2, 0.25) is 11.8 Å². The maximum absolute atomic E-state index is 15.2. The van der Waals surface area contributed by atoms with Gasteiger partial charge in [0, 0.05) is 19.0 Å². The summed E-state index contributed by atoms with van der Waals surface area (Å²) in [6, 6.07) is 27.3. The third-order valence-electron chi connectivity index (χ3n) is 7.18. The van der Waals surface area contributed by atoms with Gasteiger partial charge in [0.15, 0.2) is 0 Å². The highest BCUT2D eigenvalue weighted by Gasteiger charge is 2.35. The van der Waals surface area contributed by atoms with E-state index in [0.29, 0.717) is 0 Å². The van der Waals surface area contributed by atoms with E-state index in [9.17, 15) is 18.0 Å². The Labute approximate surface area is 259 Å². The second kappa shape index (κ2) is 14.3. The first-order chi connectivity index (χ1) is 21.0. The van der Waals surface area contributed by atoms with Crippen LogP contribution in [-0.2, 0) is 32.6 Å². The van der Waals surface area contributed by atoms with Gasteiger partial charge in [-0.05, 0) is 63.1 Å². The first-order valence-electron chi connectivity index (χ1n) is 14.5. The summed E-state index contributed by atoms with van der Waals surface area (Å²) in [5.74, 6) is -1.81. The molecule has 2 amide bonds. The maximum atomic E-state index is 15.2. The van der Waals surface area contributed by atoms with E-state index < -0.39 is 34.3 Å². The topological polar surface area (TPSA) is 86.8 Å². The van der Waals surface area contributed by atoms with Gasteiger partial charge in [0.25, 0.3) is 10.0 Å². The predicted molar refractivity (Wildman–Crippen MR) is 171 cm³/mol. The van der Waals surface area contributed by atoms with Crippen molar-refractivity contribution in [3.63, 3.8) is 0 Å². The third-order valence-corrected chi connectivity index (χ3v) is 8.96. The molecule has 7 nitrogen and oxygen atoms in total. The van der Waals surface area contributed by atoms with Crippen LogP contribution in [0.15, 0.2) is 108 Å². The Morgan fingerprint density at radius 1 is 0.773 bits per heavy atom. The van der Waals surface area contributed by atoms with Crippen LogP contribution in [0.4, 0.5) is 10.1 Å². The molecule has 0 aromatic heterocycles. The molecule has 0 heterocycles. The molecule has 4 aromatic carbocycles. The van der Waals surface area contributed by atoms with Crippen LogP contribution in [0.3, 0.4) is 0 Å². The van der Waals surface area contributed by atoms with E-state index in [1.165, 1.54) is 35.2 Å². The summed E-state index contributed by atoms with van der Waals surface area (Å²) in [5.41, 5.74) is 3.21. The minimum atomic E-state index is -4.38. The molecule has 0 saturated heterocycles. The Bertz CT molecular complexity index is 1680. The highest BCUT2D eigenvalue weighted by molar-refractivity contribution is 7.92. The molecule has 0 bridgehead atoms. The molecule has 0 aliphatic carbocycles. The van der Waals surface area contributed by atoms with E-state index in [1.54, 1.807) is 12.1 Å². The lowest BCUT2D eigenvalue weighted by molar-refractivity contribution is -0.140. The fraction of sp³-hybridized carbons (Fsp3) is 0.257. The number of hydrogen-bond donors (Lipinski definition) is 1. The van der Waals surface area contributed by atoms with E-state index in [1.807, 2.05) is 82.3 Å². The van der Waals surface area contributed by atoms with Crippen LogP contribution in [0.5, 0.6) is 0 Å². The molecule has 4 aromatic rings. The molecule has 1 N–H and O–H groups in total. The van der Waals surface area contributed by atoms with E-state index in [4.69, 9.17) is 0 Å². The number of nitrogens with zero attached hydrogens (tertiary/aromatic N) is 2. The molecule has 0 aliphatic rings. The van der Waals surface area contributed by atoms with Crippen molar-refractivity contribution in [2.45, 2.75) is 57.6 Å². The summed E-state index contributed by atoms with van der Waals surface area (Å²) in [6.07, 6.45) is 0.196. The minimum absolute atomic E-state index is 0.0395. The van der Waals surface area contributed by atoms with Crippen molar-refractivity contribution in [3.05, 3.63) is 131 Å². The average Bonchev–Trinajstić information content (AvgIpc) is 2.99. The lowest BCUT2D eigenvalue weighted by Gasteiger charge is -2.34. The van der Waals surface area contributed by atoms with Gasteiger partial charge in [-0.1, -0.05) is 90.0 Å². The summed E-state index contributed by atoms with van der Waals surface area (Å²) in [5, 5.41) is 2.92. The number of para-hydroxylation sites is 1. The van der Waals surface area contributed by atoms with Crippen molar-refractivity contribution in [3.8, 4) is 0 Å². The van der Waals surface area contributed by atoms with Gasteiger partial charge < -0.3 is 10.2 Å². The largest absolute Gasteiger partial charge is 0.352 e. The molecule has 0 spiro atoms. The van der Waals surface area contributed by atoms with Crippen molar-refractivity contribution in [1.29, 1.82) is 0 Å². The monoisotopic (exact) mass is 615 g/mol. The Morgan fingerprint density at radius 3 is 1.93 bits per heavy atom. The zero-order chi connectivity index (χ0) is 31.9. The van der Waals surface area contributed by atoms with Crippen LogP contribution >= 0.6 is 0 Å². The van der Waals surface area contributed by atoms with Crippen molar-refractivity contribution < 1.29 is 22.4 Å². The number of anilines is 1. The van der Waals surface area contributed by atoms with E-state index in [-0.39, 0.29) is 35.5 Å². The first-order valence-corrected chi connectivity index (χ1v) is 15.9. The maximum Gasteiger partial charge on any atom is 0.264 e. The number of benzene rings is 4. The molecule has 0 fully saturated rings. The highest BCUT2D eigenvalue weighted by Crippen LogP contribution is 2.27. The molecule has 4 rings (SSSR count). The van der Waals surface area contributed by atoms with E-state index in [0.717, 1.165) is 32.6 Å². The minimum Gasteiger partial charge on any atom is -0.352 e. The van der Waals surface area contributed by atoms with Crippen LogP contribution in [0.25, 0.3) is 0 Å². The second-order valence-electron chi connectivity index (χ2n) is 11.2. The molecule has 0 radical (unpaired) electrons. The number of amides is 2. The number of halogens is 1.